The van der Waals surface area contributed by atoms with Gasteiger partial charge in [0.2, 0.25) is 0 Å². The fourth-order valence-electron chi connectivity index (χ4n) is 3.35. The van der Waals surface area contributed by atoms with Crippen molar-refractivity contribution in [3.05, 3.63) is 49.9 Å². The summed E-state index contributed by atoms with van der Waals surface area (Å²) in [4.78, 5) is 36.4. The van der Waals surface area contributed by atoms with Gasteiger partial charge in [0.05, 0.1) is 17.1 Å². The summed E-state index contributed by atoms with van der Waals surface area (Å²) < 4.78 is 5.23. The number of nitro benzene ring substituents is 1. The molecule has 9 heteroatoms. The Bertz CT molecular complexity index is 953. The van der Waals surface area contributed by atoms with Crippen molar-refractivity contribution >= 4 is 33.8 Å². The molecule has 0 radical (unpaired) electrons. The van der Waals surface area contributed by atoms with Gasteiger partial charge in [0, 0.05) is 16.5 Å². The summed E-state index contributed by atoms with van der Waals surface area (Å²) in [7, 11) is 0. The maximum Gasteiger partial charge on any atom is 0.311 e. The van der Waals surface area contributed by atoms with Crippen LogP contribution in [0.15, 0.2) is 18.2 Å². The van der Waals surface area contributed by atoms with Crippen LogP contribution in [0.3, 0.4) is 0 Å². The minimum absolute atomic E-state index is 0.0995. The van der Waals surface area contributed by atoms with Gasteiger partial charge in [-0.25, -0.2) is 0 Å². The number of anilines is 1. The Morgan fingerprint density at radius 3 is 2.82 bits per heavy atom. The zero-order valence-electron chi connectivity index (χ0n) is 15.6. The molecule has 2 aromatic rings. The molecule has 1 heterocycles. The molecule has 0 aliphatic heterocycles. The van der Waals surface area contributed by atoms with E-state index in [0.29, 0.717) is 16.5 Å². The summed E-state index contributed by atoms with van der Waals surface area (Å²) in [5, 5.41) is 14.4. The van der Waals surface area contributed by atoms with Gasteiger partial charge in [-0.1, -0.05) is 6.92 Å². The van der Waals surface area contributed by atoms with Crippen LogP contribution in [-0.4, -0.2) is 23.3 Å². The molecular formula is C19H21N3O5S. The summed E-state index contributed by atoms with van der Waals surface area (Å²) >= 11 is 1.35. The number of carbonyl (C=O) groups excluding carboxylic acids is 2. The van der Waals surface area contributed by atoms with Crippen LogP contribution in [0.4, 0.5) is 10.7 Å². The van der Waals surface area contributed by atoms with E-state index in [4.69, 9.17) is 10.5 Å². The average Bonchev–Trinajstić information content (AvgIpc) is 2.98. The summed E-state index contributed by atoms with van der Waals surface area (Å²) in [5.74, 6) is -0.521. The standard InChI is InChI=1S/C19H21N3O5S/c1-3-27-14-7-5-11(9-13(14)22(25)26)18(24)21-19-16(17(20)23)12-6-4-10(2)8-15(12)28-19/h5,7,9-10H,3-4,6,8H2,1-2H3,(H2,20,23)(H,21,24)/t10-/m1/s1. The van der Waals surface area contributed by atoms with E-state index >= 15 is 0 Å². The van der Waals surface area contributed by atoms with Crippen LogP contribution >= 0.6 is 11.3 Å². The van der Waals surface area contributed by atoms with E-state index in [1.54, 1.807) is 6.92 Å². The largest absolute Gasteiger partial charge is 0.487 e. The Labute approximate surface area is 165 Å². The number of rotatable bonds is 6. The van der Waals surface area contributed by atoms with Gasteiger partial charge in [0.15, 0.2) is 5.75 Å². The van der Waals surface area contributed by atoms with Crippen molar-refractivity contribution in [1.29, 1.82) is 0 Å². The number of nitrogens with zero attached hydrogens (tertiary/aromatic N) is 1. The number of benzene rings is 1. The lowest BCUT2D eigenvalue weighted by Gasteiger charge is -2.18. The SMILES string of the molecule is CCOc1ccc(C(=O)Nc2sc3c(c2C(N)=O)CC[C@@H](C)C3)cc1[N+](=O)[O-]. The highest BCUT2D eigenvalue weighted by Crippen LogP contribution is 2.39. The third kappa shape index (κ3) is 3.84. The predicted molar refractivity (Wildman–Crippen MR) is 106 cm³/mol. The van der Waals surface area contributed by atoms with Gasteiger partial charge in [-0.2, -0.15) is 0 Å². The summed E-state index contributed by atoms with van der Waals surface area (Å²) in [6.45, 7) is 4.13. The van der Waals surface area contributed by atoms with Crippen LogP contribution in [-0.2, 0) is 12.8 Å². The molecule has 148 valence electrons. The lowest BCUT2D eigenvalue weighted by atomic mass is 9.88. The highest BCUT2D eigenvalue weighted by molar-refractivity contribution is 7.17. The molecule has 1 aliphatic rings. The van der Waals surface area contributed by atoms with Crippen LogP contribution in [0.2, 0.25) is 0 Å². The predicted octanol–water partition coefficient (Wildman–Crippen LogP) is 3.53. The molecule has 0 fully saturated rings. The highest BCUT2D eigenvalue weighted by atomic mass is 32.1. The third-order valence-corrected chi connectivity index (χ3v) is 5.87. The Kier molecular flexibility index (Phi) is 5.64. The third-order valence-electron chi connectivity index (χ3n) is 4.70. The molecule has 0 saturated heterocycles. The molecule has 1 aromatic carbocycles. The van der Waals surface area contributed by atoms with Gasteiger partial charge in [-0.15, -0.1) is 11.3 Å². The Hall–Kier alpha value is -2.94. The number of nitrogens with one attached hydrogen (secondary N) is 1. The van der Waals surface area contributed by atoms with Crippen molar-refractivity contribution < 1.29 is 19.2 Å². The topological polar surface area (TPSA) is 125 Å². The van der Waals surface area contributed by atoms with E-state index in [2.05, 4.69) is 12.2 Å². The van der Waals surface area contributed by atoms with Crippen molar-refractivity contribution in [2.75, 3.05) is 11.9 Å². The molecule has 0 unspecified atom stereocenters. The van der Waals surface area contributed by atoms with Gasteiger partial charge in [-0.05, 0) is 49.8 Å². The van der Waals surface area contributed by atoms with Gasteiger partial charge in [0.1, 0.15) is 5.00 Å². The molecule has 0 bridgehead atoms. The molecule has 1 atom stereocenters. The number of carbonyl (C=O) groups is 2. The van der Waals surface area contributed by atoms with Gasteiger partial charge in [-0.3, -0.25) is 19.7 Å². The minimum Gasteiger partial charge on any atom is -0.487 e. The van der Waals surface area contributed by atoms with Crippen LogP contribution in [0.5, 0.6) is 5.75 Å². The smallest absolute Gasteiger partial charge is 0.311 e. The van der Waals surface area contributed by atoms with E-state index in [1.807, 2.05) is 0 Å². The first-order valence-electron chi connectivity index (χ1n) is 8.98. The molecular weight excluding hydrogens is 382 g/mol. The lowest BCUT2D eigenvalue weighted by Crippen LogP contribution is -2.19. The fourth-order valence-corrected chi connectivity index (χ4v) is 4.76. The molecule has 1 aliphatic carbocycles. The monoisotopic (exact) mass is 403 g/mol. The Balaban J connectivity index is 1.92. The molecule has 8 nitrogen and oxygen atoms in total. The summed E-state index contributed by atoms with van der Waals surface area (Å²) in [6.07, 6.45) is 2.54. The van der Waals surface area contributed by atoms with Gasteiger partial charge in [0.25, 0.3) is 11.8 Å². The fraction of sp³-hybridized carbons (Fsp3) is 0.368. The van der Waals surface area contributed by atoms with Gasteiger partial charge >= 0.3 is 5.69 Å². The van der Waals surface area contributed by atoms with Crippen molar-refractivity contribution in [3.63, 3.8) is 0 Å². The first kappa shape index (κ1) is 19.8. The lowest BCUT2D eigenvalue weighted by molar-refractivity contribution is -0.385. The van der Waals surface area contributed by atoms with E-state index in [0.717, 1.165) is 29.7 Å². The van der Waals surface area contributed by atoms with Crippen LogP contribution in [0.1, 0.15) is 51.4 Å². The van der Waals surface area contributed by atoms with Crippen LogP contribution in [0.25, 0.3) is 0 Å². The zero-order chi connectivity index (χ0) is 20.4. The quantitative estimate of drug-likeness (QED) is 0.564. The number of nitrogens with two attached hydrogens (primary N) is 1. The number of nitro groups is 1. The maximum atomic E-state index is 12.7. The second kappa shape index (κ2) is 7.97. The van der Waals surface area contributed by atoms with Gasteiger partial charge < -0.3 is 15.8 Å². The molecule has 3 N–H and O–H groups in total. The number of primary amides is 1. The Morgan fingerprint density at radius 1 is 1.43 bits per heavy atom. The van der Waals surface area contributed by atoms with Crippen molar-refractivity contribution in [3.8, 4) is 5.75 Å². The normalized spacial score (nSPS) is 15.6. The first-order chi connectivity index (χ1) is 13.3. The number of fused-ring (bicyclic) bond motifs is 1. The molecule has 2 amide bonds. The first-order valence-corrected chi connectivity index (χ1v) is 9.80. The number of hydrogen-bond acceptors (Lipinski definition) is 6. The number of hydrogen-bond donors (Lipinski definition) is 2. The Morgan fingerprint density at radius 2 is 2.18 bits per heavy atom. The summed E-state index contributed by atoms with van der Waals surface area (Å²) in [5.41, 5.74) is 6.63. The zero-order valence-corrected chi connectivity index (χ0v) is 16.4. The van der Waals surface area contributed by atoms with E-state index < -0.39 is 16.7 Å². The highest BCUT2D eigenvalue weighted by Gasteiger charge is 2.28. The minimum atomic E-state index is -0.595. The van der Waals surface area contributed by atoms with Crippen LogP contribution < -0.4 is 15.8 Å². The number of amides is 2. The molecule has 0 saturated carbocycles. The molecule has 1 aromatic heterocycles. The maximum absolute atomic E-state index is 12.7. The second-order valence-electron chi connectivity index (χ2n) is 6.75. The molecule has 0 spiro atoms. The van der Waals surface area contributed by atoms with Crippen LogP contribution in [0, 0.1) is 16.0 Å². The second-order valence-corrected chi connectivity index (χ2v) is 7.85. The summed E-state index contributed by atoms with van der Waals surface area (Å²) in [6, 6.07) is 4.01. The molecule has 3 rings (SSSR count). The number of ether oxygens (including phenoxy) is 1. The van der Waals surface area contributed by atoms with E-state index in [-0.39, 0.29) is 23.6 Å². The van der Waals surface area contributed by atoms with Crippen molar-refractivity contribution in [2.24, 2.45) is 11.7 Å². The van der Waals surface area contributed by atoms with E-state index in [9.17, 15) is 19.7 Å². The number of thiophene rings is 1. The average molecular weight is 403 g/mol. The van der Waals surface area contributed by atoms with Crippen molar-refractivity contribution in [2.45, 2.75) is 33.1 Å². The van der Waals surface area contributed by atoms with Crippen molar-refractivity contribution in [1.82, 2.24) is 0 Å². The molecule has 28 heavy (non-hydrogen) atoms. The van der Waals surface area contributed by atoms with E-state index in [1.165, 1.54) is 29.5 Å².